The zero-order chi connectivity index (χ0) is 32.3. The summed E-state index contributed by atoms with van der Waals surface area (Å²) in [6.45, 7) is 0. The molecule has 10 rings (SSSR count). The van der Waals surface area contributed by atoms with Crippen molar-refractivity contribution in [3.8, 4) is 44.5 Å². The predicted octanol–water partition coefficient (Wildman–Crippen LogP) is 13.7. The van der Waals surface area contributed by atoms with Gasteiger partial charge in [-0.1, -0.05) is 158 Å². The molecule has 10 aromatic rings. The molecular formula is C48H30O. The number of rotatable bonds is 4. The van der Waals surface area contributed by atoms with Crippen molar-refractivity contribution in [2.75, 3.05) is 0 Å². The molecule has 0 fully saturated rings. The summed E-state index contributed by atoms with van der Waals surface area (Å²) in [7, 11) is 0. The van der Waals surface area contributed by atoms with E-state index in [0.717, 1.165) is 21.9 Å². The normalized spacial score (nSPS) is 11.7. The van der Waals surface area contributed by atoms with E-state index in [9.17, 15) is 0 Å². The minimum Gasteiger partial charge on any atom is -0.456 e. The van der Waals surface area contributed by atoms with Gasteiger partial charge in [0.05, 0.1) is 0 Å². The highest BCUT2D eigenvalue weighted by Crippen LogP contribution is 2.46. The summed E-state index contributed by atoms with van der Waals surface area (Å²) >= 11 is 0. The Kier molecular flexibility index (Phi) is 6.25. The van der Waals surface area contributed by atoms with Crippen LogP contribution in [0.3, 0.4) is 0 Å². The third-order valence-electron chi connectivity index (χ3n) is 10.1. The van der Waals surface area contributed by atoms with Crippen LogP contribution in [-0.2, 0) is 0 Å². The minimum absolute atomic E-state index is 0.912. The van der Waals surface area contributed by atoms with Crippen LogP contribution >= 0.6 is 0 Å². The lowest BCUT2D eigenvalue weighted by molar-refractivity contribution is 0.669. The van der Waals surface area contributed by atoms with Crippen molar-refractivity contribution < 1.29 is 4.42 Å². The van der Waals surface area contributed by atoms with Crippen LogP contribution < -0.4 is 0 Å². The largest absolute Gasteiger partial charge is 0.456 e. The van der Waals surface area contributed by atoms with Crippen LogP contribution in [-0.4, -0.2) is 0 Å². The molecule has 49 heavy (non-hydrogen) atoms. The Labute approximate surface area is 284 Å². The molecule has 0 saturated carbocycles. The summed E-state index contributed by atoms with van der Waals surface area (Å²) < 4.78 is 6.26. The average Bonchev–Trinajstić information content (AvgIpc) is 3.56. The van der Waals surface area contributed by atoms with Crippen LogP contribution in [0, 0.1) is 0 Å². The zero-order valence-corrected chi connectivity index (χ0v) is 26.7. The Hall–Kier alpha value is -6.44. The SMILES string of the molecule is c1ccc(-c2ccc3cccc(-c4c5ccccc5c(-c5cccc(-c6cccc7oc8ccccc8c67)c5)c5ccccc45)c3c2)cc1. The molecule has 0 aliphatic carbocycles. The molecule has 0 bridgehead atoms. The summed E-state index contributed by atoms with van der Waals surface area (Å²) in [4.78, 5) is 0. The molecule has 1 heteroatoms. The predicted molar refractivity (Wildman–Crippen MR) is 208 cm³/mol. The second-order valence-electron chi connectivity index (χ2n) is 12.8. The maximum atomic E-state index is 6.26. The fraction of sp³-hybridized carbons (Fsp3) is 0. The molecule has 0 amide bonds. The summed E-state index contributed by atoms with van der Waals surface area (Å²) in [5, 5.41) is 9.80. The molecule has 0 N–H and O–H groups in total. The van der Waals surface area contributed by atoms with Crippen molar-refractivity contribution in [2.24, 2.45) is 0 Å². The van der Waals surface area contributed by atoms with Gasteiger partial charge in [-0.15, -0.1) is 0 Å². The van der Waals surface area contributed by atoms with E-state index in [2.05, 4.69) is 170 Å². The van der Waals surface area contributed by atoms with Gasteiger partial charge < -0.3 is 4.42 Å². The standard InChI is InChI=1S/C48H30O/c1-2-13-31(14-3-1)33-28-27-32-15-11-24-41(43(32)30-33)47-39-20-6-4-18-37(39)46(38-19-5-7-21-40(38)47)35-17-10-16-34(29-35)36-23-12-26-45-48(36)42-22-8-9-25-44(42)49-45/h1-30H. The number of fused-ring (bicyclic) bond motifs is 6. The van der Waals surface area contributed by atoms with E-state index in [-0.39, 0.29) is 0 Å². The van der Waals surface area contributed by atoms with E-state index in [1.54, 1.807) is 0 Å². The van der Waals surface area contributed by atoms with Crippen molar-refractivity contribution in [1.29, 1.82) is 0 Å². The first-order chi connectivity index (χ1) is 24.3. The number of hydrogen-bond donors (Lipinski definition) is 0. The fourth-order valence-electron chi connectivity index (χ4n) is 7.89. The molecule has 0 atom stereocenters. The quantitative estimate of drug-likeness (QED) is 0.178. The lowest BCUT2D eigenvalue weighted by atomic mass is 9.84. The van der Waals surface area contributed by atoms with Crippen LogP contribution in [0.2, 0.25) is 0 Å². The molecule has 1 aromatic heterocycles. The van der Waals surface area contributed by atoms with Gasteiger partial charge in [0.25, 0.3) is 0 Å². The lowest BCUT2D eigenvalue weighted by Gasteiger charge is -2.19. The van der Waals surface area contributed by atoms with Gasteiger partial charge in [-0.2, -0.15) is 0 Å². The molecule has 1 heterocycles. The molecule has 0 unspecified atom stereocenters. The van der Waals surface area contributed by atoms with Crippen molar-refractivity contribution in [3.05, 3.63) is 182 Å². The Balaban J connectivity index is 1.24. The average molecular weight is 623 g/mol. The van der Waals surface area contributed by atoms with Crippen molar-refractivity contribution in [3.63, 3.8) is 0 Å². The zero-order valence-electron chi connectivity index (χ0n) is 26.7. The van der Waals surface area contributed by atoms with Crippen LogP contribution in [0.5, 0.6) is 0 Å². The van der Waals surface area contributed by atoms with E-state index in [0.29, 0.717) is 0 Å². The maximum Gasteiger partial charge on any atom is 0.136 e. The first-order valence-corrected chi connectivity index (χ1v) is 16.8. The van der Waals surface area contributed by atoms with E-state index in [1.165, 1.54) is 76.8 Å². The highest BCUT2D eigenvalue weighted by molar-refractivity contribution is 6.24. The van der Waals surface area contributed by atoms with Gasteiger partial charge in [0.2, 0.25) is 0 Å². The van der Waals surface area contributed by atoms with Gasteiger partial charge in [-0.25, -0.2) is 0 Å². The lowest BCUT2D eigenvalue weighted by Crippen LogP contribution is -1.92. The second kappa shape index (κ2) is 11.1. The Bertz CT molecular complexity index is 2820. The number of hydrogen-bond acceptors (Lipinski definition) is 1. The van der Waals surface area contributed by atoms with E-state index < -0.39 is 0 Å². The first-order valence-electron chi connectivity index (χ1n) is 16.8. The third kappa shape index (κ3) is 4.40. The van der Waals surface area contributed by atoms with Gasteiger partial charge in [0.15, 0.2) is 0 Å². The fourth-order valence-corrected chi connectivity index (χ4v) is 7.89. The van der Waals surface area contributed by atoms with Gasteiger partial charge >= 0.3 is 0 Å². The highest BCUT2D eigenvalue weighted by atomic mass is 16.3. The van der Waals surface area contributed by atoms with Crippen LogP contribution in [0.1, 0.15) is 0 Å². The summed E-state index contributed by atoms with van der Waals surface area (Å²) in [6.07, 6.45) is 0. The van der Waals surface area contributed by atoms with E-state index in [4.69, 9.17) is 4.42 Å². The molecule has 0 radical (unpaired) electrons. The van der Waals surface area contributed by atoms with Crippen molar-refractivity contribution in [2.45, 2.75) is 0 Å². The smallest absolute Gasteiger partial charge is 0.136 e. The molecule has 228 valence electrons. The first kappa shape index (κ1) is 27.7. The number of para-hydroxylation sites is 1. The van der Waals surface area contributed by atoms with Crippen LogP contribution in [0.25, 0.3) is 98.8 Å². The van der Waals surface area contributed by atoms with Gasteiger partial charge in [-0.05, 0) is 101 Å². The molecule has 0 aliphatic rings. The van der Waals surface area contributed by atoms with Gasteiger partial charge in [-0.3, -0.25) is 0 Å². The molecule has 9 aromatic carbocycles. The molecular weight excluding hydrogens is 593 g/mol. The summed E-state index contributed by atoms with van der Waals surface area (Å²) in [6, 6.07) is 65.8. The monoisotopic (exact) mass is 622 g/mol. The summed E-state index contributed by atoms with van der Waals surface area (Å²) in [5.41, 5.74) is 11.6. The molecule has 0 spiro atoms. The number of furan rings is 1. The second-order valence-corrected chi connectivity index (χ2v) is 12.8. The molecule has 1 nitrogen and oxygen atoms in total. The van der Waals surface area contributed by atoms with E-state index >= 15 is 0 Å². The van der Waals surface area contributed by atoms with Gasteiger partial charge in [0.1, 0.15) is 11.2 Å². The summed E-state index contributed by atoms with van der Waals surface area (Å²) in [5.74, 6) is 0. The molecule has 0 aliphatic heterocycles. The molecule has 0 saturated heterocycles. The Morgan fingerprint density at radius 1 is 0.286 bits per heavy atom. The van der Waals surface area contributed by atoms with Crippen LogP contribution in [0.4, 0.5) is 0 Å². The van der Waals surface area contributed by atoms with Crippen molar-refractivity contribution in [1.82, 2.24) is 0 Å². The maximum absolute atomic E-state index is 6.26. The van der Waals surface area contributed by atoms with E-state index in [1.807, 2.05) is 12.1 Å². The Morgan fingerprint density at radius 2 is 0.857 bits per heavy atom. The third-order valence-corrected chi connectivity index (χ3v) is 10.1. The minimum atomic E-state index is 0.912. The Morgan fingerprint density at radius 3 is 1.63 bits per heavy atom. The topological polar surface area (TPSA) is 13.1 Å². The van der Waals surface area contributed by atoms with Gasteiger partial charge in [0, 0.05) is 10.8 Å². The number of benzene rings is 9. The highest BCUT2D eigenvalue weighted by Gasteiger charge is 2.19. The van der Waals surface area contributed by atoms with Crippen LogP contribution in [0.15, 0.2) is 186 Å². The van der Waals surface area contributed by atoms with Crippen molar-refractivity contribution >= 4 is 54.3 Å².